The summed E-state index contributed by atoms with van der Waals surface area (Å²) in [6, 6.07) is 0. The third-order valence-electron chi connectivity index (χ3n) is 0. The summed E-state index contributed by atoms with van der Waals surface area (Å²) < 4.78 is 8.55. The monoisotopic (exact) mass is 184 g/mol. The van der Waals surface area contributed by atoms with Crippen molar-refractivity contribution < 1.29 is 34.3 Å². The van der Waals surface area contributed by atoms with Crippen LogP contribution in [0.25, 0.3) is 0 Å². The fraction of sp³-hybridized carbons (Fsp3) is 0. The van der Waals surface area contributed by atoms with Crippen molar-refractivity contribution in [2.45, 2.75) is 0 Å². The molecule has 0 saturated carbocycles. The molecule has 7 nitrogen and oxygen atoms in total. The Balaban J connectivity index is -0.0000000910. The van der Waals surface area contributed by atoms with Crippen LogP contribution in [0.5, 0.6) is 0 Å². The fourth-order valence-corrected chi connectivity index (χ4v) is 0. The molecule has 0 fully saturated rings. The van der Waals surface area contributed by atoms with Crippen molar-refractivity contribution in [1.82, 2.24) is 0 Å². The fourth-order valence-electron chi connectivity index (χ4n) is 0. The molecule has 0 atom stereocenters. The predicted molar refractivity (Wildman–Crippen MR) is 23.6 cm³/mol. The molecule has 10 heavy (non-hydrogen) atoms. The molecular weight excluding hydrogens is 182 g/mol. The maximum absolute atomic E-state index is 8.64. The first-order valence-corrected chi connectivity index (χ1v) is 2.94. The molecule has 2 N–H and O–H groups in total. The van der Waals surface area contributed by atoms with E-state index in [-0.39, 0.29) is 11.0 Å². The van der Waals surface area contributed by atoms with Crippen LogP contribution < -0.4 is 19.7 Å². The van der Waals surface area contributed by atoms with Gasteiger partial charge in [-0.1, -0.05) is 0 Å². The number of rotatable bonds is 0. The van der Waals surface area contributed by atoms with Gasteiger partial charge in [-0.05, 0) is 0 Å². The number of phosphoric acid groups is 1. The topological polar surface area (TPSA) is 150 Å². The van der Waals surface area contributed by atoms with Gasteiger partial charge in [-0.2, -0.15) is 7.82 Å². The molecular formula is H2BO7PSi. The molecule has 0 aromatic heterocycles. The molecule has 0 spiro atoms. The van der Waals surface area contributed by atoms with Gasteiger partial charge in [0.2, 0.25) is 0 Å². The molecule has 0 amide bonds. The van der Waals surface area contributed by atoms with Crippen LogP contribution >= 0.6 is 7.82 Å². The zero-order chi connectivity index (χ0) is 8.08. The molecule has 0 heterocycles. The summed E-state index contributed by atoms with van der Waals surface area (Å²) in [5.41, 5.74) is 0. The summed E-state index contributed by atoms with van der Waals surface area (Å²) in [6.45, 7) is 0. The molecule has 0 aliphatic rings. The zero-order valence-corrected chi connectivity index (χ0v) is 6.35. The van der Waals surface area contributed by atoms with Crippen LogP contribution in [-0.4, -0.2) is 28.3 Å². The molecule has 0 aromatic carbocycles. The molecule has 0 unspecified atom stereocenters. The van der Waals surface area contributed by atoms with Crippen molar-refractivity contribution in [2.24, 2.45) is 0 Å². The maximum Gasteiger partial charge on any atom is 4.00 e. The first kappa shape index (κ1) is 16.7. The smallest absolute Gasteiger partial charge is 0.832 e. The van der Waals surface area contributed by atoms with Crippen LogP contribution in [0.3, 0.4) is 0 Å². The predicted octanol–water partition coefficient (Wildman–Crippen LogP) is -5.89. The summed E-state index contributed by atoms with van der Waals surface area (Å²) in [5.74, 6) is 0. The summed E-state index contributed by atoms with van der Waals surface area (Å²) >= 11 is 0. The maximum atomic E-state index is 8.64. The number of hydrogen-bond donors (Lipinski definition) is 2. The van der Waals surface area contributed by atoms with Gasteiger partial charge in [0, 0.05) is 0 Å². The molecule has 56 valence electrons. The minimum atomic E-state index is -5.39. The Morgan fingerprint density at radius 2 is 1.20 bits per heavy atom. The van der Waals surface area contributed by atoms with E-state index in [4.69, 9.17) is 34.3 Å². The third-order valence-corrected chi connectivity index (χ3v) is 0. The molecule has 0 rings (SSSR count). The van der Waals surface area contributed by atoms with E-state index in [2.05, 4.69) is 0 Å². The molecule has 10 heteroatoms. The van der Waals surface area contributed by atoms with Gasteiger partial charge in [0.15, 0.2) is 0 Å². The summed E-state index contributed by atoms with van der Waals surface area (Å²) in [7, 11) is -7.81. The summed E-state index contributed by atoms with van der Waals surface area (Å²) in [4.78, 5) is 25.6. The van der Waals surface area contributed by atoms with Crippen LogP contribution in [0.15, 0.2) is 0 Å². The van der Waals surface area contributed by atoms with Gasteiger partial charge in [0.1, 0.15) is 0 Å². The van der Waals surface area contributed by atoms with Crippen LogP contribution in [0.2, 0.25) is 0 Å². The Labute approximate surface area is 61.4 Å². The Kier molecular flexibility index (Phi) is 12.3. The minimum Gasteiger partial charge on any atom is -0.832 e. The van der Waals surface area contributed by atoms with Crippen molar-refractivity contribution in [2.75, 3.05) is 0 Å². The largest absolute Gasteiger partial charge is 4.00 e. The Morgan fingerprint density at radius 1 is 1.20 bits per heavy atom. The van der Waals surface area contributed by atoms with Crippen molar-refractivity contribution in [3.63, 3.8) is 0 Å². The van der Waals surface area contributed by atoms with E-state index in [1.54, 1.807) is 0 Å². The second kappa shape index (κ2) is 7.38. The summed E-state index contributed by atoms with van der Waals surface area (Å²) in [5, 5.41) is 22.8. The van der Waals surface area contributed by atoms with Crippen molar-refractivity contribution in [1.29, 1.82) is 0 Å². The number of hydrogen-bond acceptors (Lipinski definition) is 7. The van der Waals surface area contributed by atoms with E-state index in [9.17, 15) is 0 Å². The van der Waals surface area contributed by atoms with Gasteiger partial charge >= 0.3 is 18.3 Å². The van der Waals surface area contributed by atoms with Crippen molar-refractivity contribution in [3.05, 3.63) is 0 Å². The zero-order valence-electron chi connectivity index (χ0n) is 4.46. The SMILES string of the molecule is O=P([O-])([O-])[O-].[O-]B(O)O.[Si+4]. The van der Waals surface area contributed by atoms with Crippen LogP contribution in [0, 0.1) is 0 Å². The molecule has 0 saturated heterocycles. The minimum absolute atomic E-state index is 0. The van der Waals surface area contributed by atoms with E-state index in [0.717, 1.165) is 0 Å². The van der Waals surface area contributed by atoms with Gasteiger partial charge < -0.3 is 34.3 Å². The van der Waals surface area contributed by atoms with Crippen LogP contribution in [0.1, 0.15) is 0 Å². The second-order valence-corrected chi connectivity index (χ2v) is 1.67. The average Bonchev–Trinajstić information content (AvgIpc) is 1.19. The first-order chi connectivity index (χ1) is 3.73. The molecule has 0 radical (unpaired) electrons. The Morgan fingerprint density at radius 3 is 1.20 bits per heavy atom. The quantitative estimate of drug-likeness (QED) is 0.281. The van der Waals surface area contributed by atoms with E-state index in [1.807, 2.05) is 0 Å². The van der Waals surface area contributed by atoms with Gasteiger partial charge in [-0.15, -0.1) is 0 Å². The van der Waals surface area contributed by atoms with E-state index >= 15 is 0 Å². The normalized spacial score (nSPS) is 8.60. The van der Waals surface area contributed by atoms with E-state index in [0.29, 0.717) is 0 Å². The van der Waals surface area contributed by atoms with Crippen molar-refractivity contribution in [3.8, 4) is 0 Å². The first-order valence-electron chi connectivity index (χ1n) is 1.48. The van der Waals surface area contributed by atoms with Gasteiger partial charge in [-0.25, -0.2) is 0 Å². The molecule has 0 aliphatic carbocycles. The van der Waals surface area contributed by atoms with E-state index < -0.39 is 15.1 Å². The van der Waals surface area contributed by atoms with Gasteiger partial charge in [0.05, 0.1) is 0 Å². The third kappa shape index (κ3) is 5920. The Hall–Kier alpha value is 0.272. The molecule has 0 aliphatic heterocycles. The van der Waals surface area contributed by atoms with Crippen LogP contribution in [0.4, 0.5) is 0 Å². The van der Waals surface area contributed by atoms with E-state index in [1.165, 1.54) is 0 Å². The average molecular weight is 184 g/mol. The van der Waals surface area contributed by atoms with Crippen LogP contribution in [-0.2, 0) is 4.57 Å². The van der Waals surface area contributed by atoms with Gasteiger partial charge in [-0.3, -0.25) is 0 Å². The van der Waals surface area contributed by atoms with Gasteiger partial charge in [0.25, 0.3) is 0 Å². The standard InChI is InChI=1S/BH2O3.H3O4P.Si/c2-1(3)4;1-5(2,3)4;/h2-3H;(H3,1,2,3,4);/q-1;;+4/p-3. The van der Waals surface area contributed by atoms with Crippen molar-refractivity contribution >= 4 is 26.1 Å². The molecule has 0 bridgehead atoms. The summed E-state index contributed by atoms with van der Waals surface area (Å²) in [6.07, 6.45) is 0. The Bertz CT molecular complexity index is 84.8. The second-order valence-electron chi connectivity index (χ2n) is 0.774. The molecule has 0 aromatic rings.